The number of anilines is 1. The number of ether oxygens (including phenoxy) is 1. The van der Waals surface area contributed by atoms with Crippen molar-refractivity contribution in [3.63, 3.8) is 0 Å². The van der Waals surface area contributed by atoms with Crippen LogP contribution >= 0.6 is 0 Å². The average molecular weight is 237 g/mol. The van der Waals surface area contributed by atoms with Crippen molar-refractivity contribution in [3.8, 4) is 0 Å². The Morgan fingerprint density at radius 1 is 1.47 bits per heavy atom. The number of carbonyl (C=O) groups is 1. The smallest absolute Gasteiger partial charge is 0.340 e. The number of rotatable bonds is 4. The molecule has 0 aliphatic heterocycles. The van der Waals surface area contributed by atoms with E-state index in [1.807, 2.05) is 0 Å². The van der Waals surface area contributed by atoms with Crippen LogP contribution in [0.5, 0.6) is 0 Å². The van der Waals surface area contributed by atoms with Gasteiger partial charge in [-0.1, -0.05) is 19.3 Å². The SMILES string of the molecule is Nc1cc(F)ccc1C(=O)OCCC1CCC1. The number of esters is 1. The highest BCUT2D eigenvalue weighted by atomic mass is 19.1. The summed E-state index contributed by atoms with van der Waals surface area (Å²) in [5.74, 6) is -0.219. The average Bonchev–Trinajstić information content (AvgIpc) is 2.21. The monoisotopic (exact) mass is 237 g/mol. The Morgan fingerprint density at radius 3 is 2.82 bits per heavy atom. The highest BCUT2D eigenvalue weighted by molar-refractivity contribution is 5.94. The van der Waals surface area contributed by atoms with E-state index in [4.69, 9.17) is 10.5 Å². The van der Waals surface area contributed by atoms with Gasteiger partial charge in [0.2, 0.25) is 0 Å². The fourth-order valence-corrected chi connectivity index (χ4v) is 1.90. The summed E-state index contributed by atoms with van der Waals surface area (Å²) in [5, 5.41) is 0. The molecule has 1 aliphatic rings. The number of hydrogen-bond donors (Lipinski definition) is 1. The van der Waals surface area contributed by atoms with E-state index in [2.05, 4.69) is 0 Å². The predicted octanol–water partition coefficient (Wildman–Crippen LogP) is 2.75. The molecule has 0 heterocycles. The molecule has 17 heavy (non-hydrogen) atoms. The van der Waals surface area contributed by atoms with Crippen molar-refractivity contribution in [2.45, 2.75) is 25.7 Å². The summed E-state index contributed by atoms with van der Waals surface area (Å²) < 4.78 is 17.9. The van der Waals surface area contributed by atoms with Gasteiger partial charge in [0, 0.05) is 5.69 Å². The fourth-order valence-electron chi connectivity index (χ4n) is 1.90. The molecule has 92 valence electrons. The minimum Gasteiger partial charge on any atom is -0.462 e. The summed E-state index contributed by atoms with van der Waals surface area (Å²) >= 11 is 0. The van der Waals surface area contributed by atoms with Crippen molar-refractivity contribution >= 4 is 11.7 Å². The van der Waals surface area contributed by atoms with Crippen LogP contribution in [0.15, 0.2) is 18.2 Å². The van der Waals surface area contributed by atoms with Crippen molar-refractivity contribution in [2.75, 3.05) is 12.3 Å². The Bertz CT molecular complexity index is 416. The third-order valence-electron chi connectivity index (χ3n) is 3.22. The first-order chi connectivity index (χ1) is 8.16. The number of halogens is 1. The van der Waals surface area contributed by atoms with E-state index in [0.29, 0.717) is 12.5 Å². The second-order valence-corrected chi connectivity index (χ2v) is 4.45. The lowest BCUT2D eigenvalue weighted by Crippen LogP contribution is -2.16. The lowest BCUT2D eigenvalue weighted by Gasteiger charge is -2.24. The van der Waals surface area contributed by atoms with Gasteiger partial charge in [-0.3, -0.25) is 0 Å². The Labute approximate surface area is 99.8 Å². The first-order valence-electron chi connectivity index (χ1n) is 5.89. The molecule has 1 aromatic rings. The van der Waals surface area contributed by atoms with Gasteiger partial charge < -0.3 is 10.5 Å². The molecule has 0 spiro atoms. The second kappa shape index (κ2) is 5.17. The third kappa shape index (κ3) is 2.96. The van der Waals surface area contributed by atoms with Crippen LogP contribution in [0.25, 0.3) is 0 Å². The van der Waals surface area contributed by atoms with E-state index < -0.39 is 11.8 Å². The van der Waals surface area contributed by atoms with Crippen LogP contribution in [-0.4, -0.2) is 12.6 Å². The molecular formula is C13H16FNO2. The zero-order valence-electron chi connectivity index (χ0n) is 9.62. The molecule has 3 nitrogen and oxygen atoms in total. The molecule has 0 atom stereocenters. The highest BCUT2D eigenvalue weighted by Crippen LogP contribution is 2.29. The normalized spacial score (nSPS) is 15.4. The van der Waals surface area contributed by atoms with Gasteiger partial charge in [-0.15, -0.1) is 0 Å². The first-order valence-corrected chi connectivity index (χ1v) is 5.89. The second-order valence-electron chi connectivity index (χ2n) is 4.45. The molecule has 1 aromatic carbocycles. The van der Waals surface area contributed by atoms with Gasteiger partial charge >= 0.3 is 5.97 Å². The van der Waals surface area contributed by atoms with E-state index in [0.717, 1.165) is 12.5 Å². The van der Waals surface area contributed by atoms with Crippen LogP contribution in [0, 0.1) is 11.7 Å². The molecule has 2 rings (SSSR count). The van der Waals surface area contributed by atoms with E-state index in [1.54, 1.807) is 0 Å². The van der Waals surface area contributed by atoms with Gasteiger partial charge in [0.1, 0.15) is 5.82 Å². The lowest BCUT2D eigenvalue weighted by molar-refractivity contribution is 0.0465. The lowest BCUT2D eigenvalue weighted by atomic mass is 9.83. The van der Waals surface area contributed by atoms with Crippen molar-refractivity contribution in [3.05, 3.63) is 29.6 Å². The van der Waals surface area contributed by atoms with Gasteiger partial charge in [0.25, 0.3) is 0 Å². The summed E-state index contributed by atoms with van der Waals surface area (Å²) in [4.78, 5) is 11.6. The molecule has 0 saturated heterocycles. The van der Waals surface area contributed by atoms with Crippen LogP contribution in [-0.2, 0) is 4.74 Å². The Hall–Kier alpha value is -1.58. The summed E-state index contributed by atoms with van der Waals surface area (Å²) in [6.45, 7) is 0.417. The van der Waals surface area contributed by atoms with Crippen molar-refractivity contribution in [1.82, 2.24) is 0 Å². The van der Waals surface area contributed by atoms with Crippen LogP contribution < -0.4 is 5.73 Å². The van der Waals surface area contributed by atoms with Gasteiger partial charge in [-0.25, -0.2) is 9.18 Å². The molecular weight excluding hydrogens is 221 g/mol. The van der Waals surface area contributed by atoms with Gasteiger partial charge in [-0.05, 0) is 30.5 Å². The standard InChI is InChI=1S/C13H16FNO2/c14-10-4-5-11(12(15)8-10)13(16)17-7-6-9-2-1-3-9/h4-5,8-9H,1-3,6-7,15H2. The Kier molecular flexibility index (Phi) is 3.61. The van der Waals surface area contributed by atoms with Gasteiger partial charge in [0.15, 0.2) is 0 Å². The third-order valence-corrected chi connectivity index (χ3v) is 3.22. The maximum atomic E-state index is 12.8. The molecule has 1 fully saturated rings. The summed E-state index contributed by atoms with van der Waals surface area (Å²) in [6.07, 6.45) is 4.66. The van der Waals surface area contributed by atoms with Crippen LogP contribution in [0.4, 0.5) is 10.1 Å². The van der Waals surface area contributed by atoms with Crippen molar-refractivity contribution in [1.29, 1.82) is 0 Å². The number of hydrogen-bond acceptors (Lipinski definition) is 3. The largest absolute Gasteiger partial charge is 0.462 e. The molecule has 2 N–H and O–H groups in total. The van der Waals surface area contributed by atoms with Crippen LogP contribution in [0.2, 0.25) is 0 Å². The minimum absolute atomic E-state index is 0.124. The van der Waals surface area contributed by atoms with E-state index >= 15 is 0 Å². The van der Waals surface area contributed by atoms with E-state index in [-0.39, 0.29) is 11.3 Å². The predicted molar refractivity (Wildman–Crippen MR) is 63.1 cm³/mol. The summed E-state index contributed by atoms with van der Waals surface area (Å²) in [6, 6.07) is 3.69. The molecule has 0 aromatic heterocycles. The Morgan fingerprint density at radius 2 is 2.24 bits per heavy atom. The molecule has 1 aliphatic carbocycles. The van der Waals surface area contributed by atoms with Gasteiger partial charge in [0.05, 0.1) is 12.2 Å². The van der Waals surface area contributed by atoms with E-state index in [9.17, 15) is 9.18 Å². The molecule has 0 bridgehead atoms. The number of nitrogens with two attached hydrogens (primary N) is 1. The first kappa shape index (κ1) is 11.9. The zero-order valence-corrected chi connectivity index (χ0v) is 9.62. The maximum Gasteiger partial charge on any atom is 0.340 e. The number of carbonyl (C=O) groups excluding carboxylic acids is 1. The fraction of sp³-hybridized carbons (Fsp3) is 0.462. The Balaban J connectivity index is 1.85. The zero-order chi connectivity index (χ0) is 12.3. The number of nitrogen functional groups attached to an aromatic ring is 1. The van der Waals surface area contributed by atoms with E-state index in [1.165, 1.54) is 31.4 Å². The quantitative estimate of drug-likeness (QED) is 0.647. The van der Waals surface area contributed by atoms with Crippen LogP contribution in [0.1, 0.15) is 36.0 Å². The van der Waals surface area contributed by atoms with Crippen LogP contribution in [0.3, 0.4) is 0 Å². The molecule has 0 unspecified atom stereocenters. The molecule has 1 saturated carbocycles. The molecule has 0 amide bonds. The number of benzene rings is 1. The topological polar surface area (TPSA) is 52.3 Å². The van der Waals surface area contributed by atoms with Crippen molar-refractivity contribution < 1.29 is 13.9 Å². The van der Waals surface area contributed by atoms with Crippen molar-refractivity contribution in [2.24, 2.45) is 5.92 Å². The summed E-state index contributed by atoms with van der Waals surface area (Å²) in [7, 11) is 0. The van der Waals surface area contributed by atoms with Gasteiger partial charge in [-0.2, -0.15) is 0 Å². The highest BCUT2D eigenvalue weighted by Gasteiger charge is 2.18. The molecule has 4 heteroatoms. The summed E-state index contributed by atoms with van der Waals surface area (Å²) in [5.41, 5.74) is 5.91. The maximum absolute atomic E-state index is 12.8. The molecule has 0 radical (unpaired) electrons. The minimum atomic E-state index is -0.471.